The first-order valence-electron chi connectivity index (χ1n) is 7.21. The monoisotopic (exact) mass is 291 g/mol. The van der Waals surface area contributed by atoms with Crippen LogP contribution in [0.2, 0.25) is 0 Å². The van der Waals surface area contributed by atoms with Crippen molar-refractivity contribution >= 4 is 17.3 Å². The number of nitrogens with two attached hydrogens (primary N) is 1. The van der Waals surface area contributed by atoms with Gasteiger partial charge in [0.2, 0.25) is 0 Å². The highest BCUT2D eigenvalue weighted by atomic mass is 16.6. The summed E-state index contributed by atoms with van der Waals surface area (Å²) < 4.78 is 0. The lowest BCUT2D eigenvalue weighted by molar-refractivity contribution is -0.383. The van der Waals surface area contributed by atoms with E-state index < -0.39 is 4.92 Å². The Morgan fingerprint density at radius 2 is 2.14 bits per heavy atom. The molecule has 2 atom stereocenters. The first kappa shape index (κ1) is 15.3. The van der Waals surface area contributed by atoms with Crippen LogP contribution in [0.25, 0.3) is 0 Å². The fraction of sp³-hybridized carbons (Fsp3) is 0.533. The van der Waals surface area contributed by atoms with Crippen molar-refractivity contribution in [3.05, 3.63) is 33.9 Å². The van der Waals surface area contributed by atoms with Gasteiger partial charge in [-0.15, -0.1) is 0 Å². The van der Waals surface area contributed by atoms with E-state index >= 15 is 0 Å². The molecule has 2 rings (SSSR count). The fourth-order valence-electron chi connectivity index (χ4n) is 2.98. The summed E-state index contributed by atoms with van der Waals surface area (Å²) in [6, 6.07) is 4.39. The van der Waals surface area contributed by atoms with Gasteiger partial charge >= 0.3 is 0 Å². The number of anilines is 1. The number of nitro groups is 1. The van der Waals surface area contributed by atoms with Crippen molar-refractivity contribution in [2.24, 2.45) is 5.92 Å². The predicted octanol–water partition coefficient (Wildman–Crippen LogP) is 2.83. The van der Waals surface area contributed by atoms with Crippen LogP contribution in [0.1, 0.15) is 43.0 Å². The van der Waals surface area contributed by atoms with Gasteiger partial charge in [0.25, 0.3) is 11.6 Å². The second-order valence-electron chi connectivity index (χ2n) is 5.87. The van der Waals surface area contributed by atoms with Crippen molar-refractivity contribution in [1.82, 2.24) is 4.90 Å². The zero-order chi connectivity index (χ0) is 15.6. The number of nitrogen functional groups attached to an aromatic ring is 1. The van der Waals surface area contributed by atoms with Gasteiger partial charge in [-0.3, -0.25) is 14.9 Å². The number of carbonyl (C=O) groups is 1. The summed E-state index contributed by atoms with van der Waals surface area (Å²) in [4.78, 5) is 24.4. The Morgan fingerprint density at radius 3 is 2.71 bits per heavy atom. The third-order valence-electron chi connectivity index (χ3n) is 4.25. The van der Waals surface area contributed by atoms with Gasteiger partial charge in [0.15, 0.2) is 0 Å². The highest BCUT2D eigenvalue weighted by Gasteiger charge is 2.26. The van der Waals surface area contributed by atoms with Crippen LogP contribution in [0, 0.1) is 16.0 Å². The molecule has 2 unspecified atom stereocenters. The van der Waals surface area contributed by atoms with E-state index in [2.05, 4.69) is 6.92 Å². The first-order valence-corrected chi connectivity index (χ1v) is 7.21. The van der Waals surface area contributed by atoms with E-state index in [0.29, 0.717) is 11.5 Å². The average molecular weight is 291 g/mol. The second-order valence-corrected chi connectivity index (χ2v) is 5.87. The van der Waals surface area contributed by atoms with Gasteiger partial charge < -0.3 is 10.6 Å². The van der Waals surface area contributed by atoms with E-state index in [9.17, 15) is 14.9 Å². The van der Waals surface area contributed by atoms with Crippen molar-refractivity contribution in [3.8, 4) is 0 Å². The zero-order valence-electron chi connectivity index (χ0n) is 12.4. The summed E-state index contributed by atoms with van der Waals surface area (Å²) in [6.45, 7) is 2.20. The number of nitrogens with zero attached hydrogens (tertiary/aromatic N) is 2. The minimum Gasteiger partial charge on any atom is -0.393 e. The quantitative estimate of drug-likeness (QED) is 0.527. The van der Waals surface area contributed by atoms with Crippen LogP contribution in [0.5, 0.6) is 0 Å². The van der Waals surface area contributed by atoms with E-state index in [1.54, 1.807) is 11.9 Å². The lowest BCUT2D eigenvalue weighted by Crippen LogP contribution is -2.39. The minimum atomic E-state index is -0.546. The largest absolute Gasteiger partial charge is 0.393 e. The summed E-state index contributed by atoms with van der Waals surface area (Å²) in [5, 5.41) is 10.8. The van der Waals surface area contributed by atoms with E-state index in [1.165, 1.54) is 24.6 Å². The van der Waals surface area contributed by atoms with Crippen molar-refractivity contribution in [2.45, 2.75) is 38.6 Å². The maximum Gasteiger partial charge on any atom is 0.292 e. The Labute approximate surface area is 124 Å². The Balaban J connectivity index is 2.15. The van der Waals surface area contributed by atoms with Crippen LogP contribution >= 0.6 is 0 Å². The number of amides is 1. The van der Waals surface area contributed by atoms with E-state index in [4.69, 9.17) is 5.73 Å². The Kier molecular flexibility index (Phi) is 4.45. The standard InChI is InChI=1S/C15H21N3O3/c1-10-4-3-5-12(8-10)17(2)15(19)11-6-7-14(18(20)21)13(16)9-11/h6-7,9-10,12H,3-5,8,16H2,1-2H3. The third-order valence-corrected chi connectivity index (χ3v) is 4.25. The van der Waals surface area contributed by atoms with Crippen LogP contribution < -0.4 is 5.73 Å². The van der Waals surface area contributed by atoms with Gasteiger partial charge in [0.1, 0.15) is 5.69 Å². The smallest absolute Gasteiger partial charge is 0.292 e. The van der Waals surface area contributed by atoms with E-state index in [1.807, 2.05) is 0 Å². The molecule has 114 valence electrons. The lowest BCUT2D eigenvalue weighted by Gasteiger charge is -2.34. The summed E-state index contributed by atoms with van der Waals surface area (Å²) in [5.74, 6) is 0.497. The molecule has 0 radical (unpaired) electrons. The van der Waals surface area contributed by atoms with Gasteiger partial charge in [-0.05, 0) is 30.9 Å². The highest BCUT2D eigenvalue weighted by molar-refractivity contribution is 5.95. The number of hydrogen-bond acceptors (Lipinski definition) is 4. The van der Waals surface area contributed by atoms with Crippen LogP contribution in [0.15, 0.2) is 18.2 Å². The molecule has 1 saturated carbocycles. The van der Waals surface area contributed by atoms with E-state index in [0.717, 1.165) is 19.3 Å². The molecule has 0 aliphatic heterocycles. The van der Waals surface area contributed by atoms with Crippen LogP contribution in [-0.4, -0.2) is 28.8 Å². The number of nitro benzene ring substituents is 1. The molecule has 1 aromatic carbocycles. The topological polar surface area (TPSA) is 89.5 Å². The summed E-state index contributed by atoms with van der Waals surface area (Å²) >= 11 is 0. The van der Waals surface area contributed by atoms with Crippen LogP contribution in [0.4, 0.5) is 11.4 Å². The molecule has 0 aromatic heterocycles. The van der Waals surface area contributed by atoms with Gasteiger partial charge in [-0.25, -0.2) is 0 Å². The molecule has 6 nitrogen and oxygen atoms in total. The maximum absolute atomic E-state index is 12.5. The molecule has 1 aliphatic carbocycles. The molecule has 1 aliphatic rings. The molecule has 21 heavy (non-hydrogen) atoms. The Bertz CT molecular complexity index is 559. The predicted molar refractivity (Wildman–Crippen MR) is 81.0 cm³/mol. The van der Waals surface area contributed by atoms with Crippen LogP contribution in [0.3, 0.4) is 0 Å². The third kappa shape index (κ3) is 3.32. The SMILES string of the molecule is CC1CCCC(N(C)C(=O)c2ccc([N+](=O)[O-])c(N)c2)C1. The molecule has 0 spiro atoms. The van der Waals surface area contributed by atoms with Crippen molar-refractivity contribution in [2.75, 3.05) is 12.8 Å². The second kappa shape index (κ2) is 6.11. The molecule has 1 fully saturated rings. The lowest BCUT2D eigenvalue weighted by atomic mass is 9.86. The van der Waals surface area contributed by atoms with Crippen molar-refractivity contribution in [3.63, 3.8) is 0 Å². The van der Waals surface area contributed by atoms with Gasteiger partial charge in [0.05, 0.1) is 4.92 Å². The fourth-order valence-corrected chi connectivity index (χ4v) is 2.98. The summed E-state index contributed by atoms with van der Waals surface area (Å²) in [7, 11) is 1.79. The van der Waals surface area contributed by atoms with Crippen molar-refractivity contribution in [1.29, 1.82) is 0 Å². The maximum atomic E-state index is 12.5. The molecule has 0 saturated heterocycles. The molecule has 2 N–H and O–H groups in total. The molecule has 0 bridgehead atoms. The number of benzene rings is 1. The molecular formula is C15H21N3O3. The van der Waals surface area contributed by atoms with Gasteiger partial charge in [0, 0.05) is 24.7 Å². The number of carbonyl (C=O) groups excluding carboxylic acids is 1. The van der Waals surface area contributed by atoms with Gasteiger partial charge in [-0.1, -0.05) is 19.8 Å². The zero-order valence-corrected chi connectivity index (χ0v) is 12.4. The van der Waals surface area contributed by atoms with Gasteiger partial charge in [-0.2, -0.15) is 0 Å². The van der Waals surface area contributed by atoms with Crippen molar-refractivity contribution < 1.29 is 9.72 Å². The summed E-state index contributed by atoms with van der Waals surface area (Å²) in [6.07, 6.45) is 4.36. The molecule has 1 amide bonds. The van der Waals surface area contributed by atoms with E-state index in [-0.39, 0.29) is 23.3 Å². The molecular weight excluding hydrogens is 270 g/mol. The molecule has 0 heterocycles. The number of hydrogen-bond donors (Lipinski definition) is 1. The Morgan fingerprint density at radius 1 is 1.43 bits per heavy atom. The molecule has 1 aromatic rings. The van der Waals surface area contributed by atoms with Crippen LogP contribution in [-0.2, 0) is 0 Å². The molecule has 6 heteroatoms. The minimum absolute atomic E-state index is 0.0243. The highest BCUT2D eigenvalue weighted by Crippen LogP contribution is 2.28. The Hall–Kier alpha value is -2.11. The first-order chi connectivity index (χ1) is 9.90. The number of rotatable bonds is 3. The normalized spacial score (nSPS) is 21.8. The summed E-state index contributed by atoms with van der Waals surface area (Å²) in [5.41, 5.74) is 5.91. The average Bonchev–Trinajstić information content (AvgIpc) is 2.45.